The SMILES string of the molecule is CC(C)(C)c1ccc(C(=O)Nc2cc(C(=O)N3CCN(Cc4ccccc4)CC3)ccc2N2CC3CC(C2)c2cccc(=O)n2C3)cc1. The van der Waals surface area contributed by atoms with Crippen molar-refractivity contribution in [2.24, 2.45) is 5.92 Å². The van der Waals surface area contributed by atoms with Gasteiger partial charge in [-0.3, -0.25) is 19.3 Å². The summed E-state index contributed by atoms with van der Waals surface area (Å²) in [5.41, 5.74) is 6.25. The summed E-state index contributed by atoms with van der Waals surface area (Å²) >= 11 is 0. The topological polar surface area (TPSA) is 77.9 Å². The molecule has 4 heterocycles. The molecule has 2 saturated heterocycles. The van der Waals surface area contributed by atoms with Gasteiger partial charge >= 0.3 is 0 Å². The molecule has 3 aliphatic rings. The zero-order chi connectivity index (χ0) is 33.4. The van der Waals surface area contributed by atoms with E-state index in [-0.39, 0.29) is 28.7 Å². The Morgan fingerprint density at radius 2 is 1.52 bits per heavy atom. The minimum absolute atomic E-state index is 0.0139. The number of piperazine rings is 1. The lowest BCUT2D eigenvalue weighted by atomic mass is 9.83. The van der Waals surface area contributed by atoms with Crippen LogP contribution in [0, 0.1) is 5.92 Å². The first-order valence-electron chi connectivity index (χ1n) is 17.2. The molecule has 2 bridgehead atoms. The van der Waals surface area contributed by atoms with E-state index in [1.165, 1.54) is 5.56 Å². The van der Waals surface area contributed by atoms with Crippen LogP contribution in [0.25, 0.3) is 0 Å². The summed E-state index contributed by atoms with van der Waals surface area (Å²) in [6.45, 7) is 12.5. The summed E-state index contributed by atoms with van der Waals surface area (Å²) in [5.74, 6) is 0.311. The van der Waals surface area contributed by atoms with Crippen molar-refractivity contribution in [2.45, 2.75) is 51.6 Å². The van der Waals surface area contributed by atoms with Crippen molar-refractivity contribution < 1.29 is 9.59 Å². The van der Waals surface area contributed by atoms with Crippen LogP contribution < -0.4 is 15.8 Å². The largest absolute Gasteiger partial charge is 0.369 e. The number of nitrogens with one attached hydrogen (secondary N) is 1. The Balaban J connectivity index is 1.13. The molecule has 4 aromatic rings. The Hall–Kier alpha value is -4.69. The lowest BCUT2D eigenvalue weighted by Crippen LogP contribution is -2.48. The van der Waals surface area contributed by atoms with Crippen LogP contribution >= 0.6 is 0 Å². The number of fused-ring (bicyclic) bond motifs is 4. The standard InChI is InChI=1S/C40H45N5O3/c1-40(2,3)33-15-12-30(13-16-33)38(47)41-34-23-31(39(48)43-20-18-42(19-21-43)24-28-8-5-4-6-9-28)14-17-36(34)44-25-29-22-32(27-44)35-10-7-11-37(46)45(35)26-29/h4-17,23,29,32H,18-22,24-27H2,1-3H3,(H,41,47). The average Bonchev–Trinajstić information content (AvgIpc) is 3.09. The van der Waals surface area contributed by atoms with Gasteiger partial charge < -0.3 is 19.7 Å². The molecule has 3 aliphatic heterocycles. The smallest absolute Gasteiger partial charge is 0.255 e. The molecule has 0 saturated carbocycles. The van der Waals surface area contributed by atoms with Crippen LogP contribution in [0.4, 0.5) is 11.4 Å². The van der Waals surface area contributed by atoms with E-state index in [2.05, 4.69) is 66.2 Å². The number of hydrogen-bond donors (Lipinski definition) is 1. The molecule has 0 aliphatic carbocycles. The van der Waals surface area contributed by atoms with E-state index in [4.69, 9.17) is 0 Å². The van der Waals surface area contributed by atoms with Gasteiger partial charge in [-0.05, 0) is 65.3 Å². The molecule has 2 amide bonds. The van der Waals surface area contributed by atoms with Crippen molar-refractivity contribution in [1.82, 2.24) is 14.4 Å². The number of anilines is 2. The number of hydrogen-bond acceptors (Lipinski definition) is 5. The fourth-order valence-corrected chi connectivity index (χ4v) is 7.59. The van der Waals surface area contributed by atoms with Gasteiger partial charge in [-0.25, -0.2) is 0 Å². The minimum atomic E-state index is -0.204. The van der Waals surface area contributed by atoms with Gasteiger partial charge in [-0.15, -0.1) is 0 Å². The van der Waals surface area contributed by atoms with E-state index in [9.17, 15) is 14.4 Å². The van der Waals surface area contributed by atoms with Crippen molar-refractivity contribution in [3.63, 3.8) is 0 Å². The Kier molecular flexibility index (Phi) is 8.69. The lowest BCUT2D eigenvalue weighted by Gasteiger charge is -2.44. The predicted molar refractivity (Wildman–Crippen MR) is 191 cm³/mol. The maximum absolute atomic E-state index is 13.9. The summed E-state index contributed by atoms with van der Waals surface area (Å²) in [5, 5.41) is 3.19. The molecule has 1 N–H and O–H groups in total. The second kappa shape index (κ2) is 13.1. The normalized spacial score (nSPS) is 19.5. The quantitative estimate of drug-likeness (QED) is 0.280. The Labute approximate surface area is 283 Å². The first-order valence-corrected chi connectivity index (χ1v) is 17.2. The van der Waals surface area contributed by atoms with Gasteiger partial charge in [0.05, 0.1) is 11.4 Å². The van der Waals surface area contributed by atoms with E-state index >= 15 is 0 Å². The Morgan fingerprint density at radius 3 is 2.25 bits per heavy atom. The van der Waals surface area contributed by atoms with Gasteiger partial charge in [0.1, 0.15) is 0 Å². The Bertz CT molecular complexity index is 1850. The fourth-order valence-electron chi connectivity index (χ4n) is 7.59. The van der Waals surface area contributed by atoms with Crippen LogP contribution in [0.2, 0.25) is 0 Å². The molecule has 2 fully saturated rings. The van der Waals surface area contributed by atoms with Gasteiger partial charge in [-0.2, -0.15) is 0 Å². The highest BCUT2D eigenvalue weighted by Gasteiger charge is 2.35. The third kappa shape index (κ3) is 6.67. The molecule has 8 heteroatoms. The van der Waals surface area contributed by atoms with Crippen molar-refractivity contribution in [3.8, 4) is 0 Å². The molecular weight excluding hydrogens is 598 g/mol. The number of aromatic nitrogens is 1. The number of nitrogens with zero attached hydrogens (tertiary/aromatic N) is 4. The average molecular weight is 644 g/mol. The fraction of sp³-hybridized carbons (Fsp3) is 0.375. The second-order valence-corrected chi connectivity index (χ2v) is 14.7. The monoisotopic (exact) mass is 643 g/mol. The third-order valence-corrected chi connectivity index (χ3v) is 10.2. The van der Waals surface area contributed by atoms with Crippen LogP contribution in [0.5, 0.6) is 0 Å². The maximum Gasteiger partial charge on any atom is 0.255 e. The highest BCUT2D eigenvalue weighted by Crippen LogP contribution is 2.39. The molecule has 3 aromatic carbocycles. The number of rotatable bonds is 6. The highest BCUT2D eigenvalue weighted by atomic mass is 16.2. The van der Waals surface area contributed by atoms with Gasteiger partial charge in [-0.1, -0.05) is 69.3 Å². The molecule has 1 aromatic heterocycles. The van der Waals surface area contributed by atoms with Crippen LogP contribution in [-0.4, -0.2) is 65.4 Å². The predicted octanol–water partition coefficient (Wildman–Crippen LogP) is 5.98. The molecule has 7 rings (SSSR count). The minimum Gasteiger partial charge on any atom is -0.369 e. The molecule has 0 radical (unpaired) electrons. The van der Waals surface area contributed by atoms with Crippen molar-refractivity contribution in [2.75, 3.05) is 49.5 Å². The summed E-state index contributed by atoms with van der Waals surface area (Å²) in [7, 11) is 0. The van der Waals surface area contributed by atoms with Crippen LogP contribution in [0.1, 0.15) is 70.6 Å². The number of amides is 2. The first-order chi connectivity index (χ1) is 23.1. The molecule has 8 nitrogen and oxygen atoms in total. The second-order valence-electron chi connectivity index (χ2n) is 14.7. The van der Waals surface area contributed by atoms with Crippen molar-refractivity contribution in [3.05, 3.63) is 129 Å². The Morgan fingerprint density at radius 1 is 0.792 bits per heavy atom. The molecule has 248 valence electrons. The van der Waals surface area contributed by atoms with Gasteiger partial charge in [0.25, 0.3) is 17.4 Å². The zero-order valence-electron chi connectivity index (χ0n) is 28.2. The summed E-state index contributed by atoms with van der Waals surface area (Å²) in [4.78, 5) is 46.8. The third-order valence-electron chi connectivity index (χ3n) is 10.2. The zero-order valence-corrected chi connectivity index (χ0v) is 28.2. The van der Waals surface area contributed by atoms with Gasteiger partial charge in [0.2, 0.25) is 0 Å². The number of piperidine rings is 1. The van der Waals surface area contributed by atoms with E-state index in [0.29, 0.717) is 42.4 Å². The van der Waals surface area contributed by atoms with Gasteiger partial charge in [0.15, 0.2) is 0 Å². The molecule has 0 spiro atoms. The van der Waals surface area contributed by atoms with Crippen molar-refractivity contribution >= 4 is 23.2 Å². The number of pyridine rings is 1. The van der Waals surface area contributed by atoms with E-state index in [1.54, 1.807) is 6.07 Å². The van der Waals surface area contributed by atoms with Crippen LogP contribution in [-0.2, 0) is 18.5 Å². The number of benzene rings is 3. The highest BCUT2D eigenvalue weighted by molar-refractivity contribution is 6.07. The first kappa shape index (κ1) is 31.9. The molecule has 48 heavy (non-hydrogen) atoms. The van der Waals surface area contributed by atoms with E-state index < -0.39 is 0 Å². The number of carbonyl (C=O) groups excluding carboxylic acids is 2. The van der Waals surface area contributed by atoms with E-state index in [0.717, 1.165) is 56.1 Å². The lowest BCUT2D eigenvalue weighted by molar-refractivity contribution is 0.0628. The summed E-state index contributed by atoms with van der Waals surface area (Å²) in [6, 6.07) is 29.5. The molecule has 2 atom stereocenters. The van der Waals surface area contributed by atoms with Gasteiger partial charge in [0, 0.05) is 81.2 Å². The van der Waals surface area contributed by atoms with Crippen LogP contribution in [0.15, 0.2) is 95.8 Å². The summed E-state index contributed by atoms with van der Waals surface area (Å²) < 4.78 is 1.93. The van der Waals surface area contributed by atoms with Crippen molar-refractivity contribution in [1.29, 1.82) is 0 Å². The number of carbonyl (C=O) groups is 2. The van der Waals surface area contributed by atoms with Crippen LogP contribution in [0.3, 0.4) is 0 Å². The van der Waals surface area contributed by atoms with E-state index in [1.807, 2.05) is 64.1 Å². The maximum atomic E-state index is 13.9. The molecular formula is C40H45N5O3. The molecule has 2 unspecified atom stereocenters. The summed E-state index contributed by atoms with van der Waals surface area (Å²) in [6.07, 6.45) is 1.04.